The second-order valence-electron chi connectivity index (χ2n) is 5.34. The monoisotopic (exact) mass is 325 g/mol. The summed E-state index contributed by atoms with van der Waals surface area (Å²) >= 11 is 8.91. The molecule has 3 nitrogen and oxygen atoms in total. The van der Waals surface area contributed by atoms with Crippen molar-refractivity contribution in [3.05, 3.63) is 33.0 Å². The van der Waals surface area contributed by atoms with E-state index in [0.717, 1.165) is 15.9 Å². The van der Waals surface area contributed by atoms with Crippen molar-refractivity contribution in [2.24, 2.45) is 0 Å². The van der Waals surface area contributed by atoms with Gasteiger partial charge in [0, 0.05) is 15.6 Å². The Morgan fingerprint density at radius 2 is 2.00 bits per heavy atom. The van der Waals surface area contributed by atoms with Crippen LogP contribution < -0.4 is 0 Å². The quantitative estimate of drug-likeness (QED) is 0.786. The molecule has 0 spiro atoms. The SMILES string of the molecule is Cc1ccc(-c2n[nH]c(=S)n2C(C)(C)C)c(Br)c1. The van der Waals surface area contributed by atoms with Crippen LogP contribution >= 0.6 is 28.1 Å². The van der Waals surface area contributed by atoms with E-state index < -0.39 is 0 Å². The van der Waals surface area contributed by atoms with Crippen LogP contribution in [0.4, 0.5) is 0 Å². The van der Waals surface area contributed by atoms with Crippen molar-refractivity contribution < 1.29 is 0 Å². The average molecular weight is 326 g/mol. The Hall–Kier alpha value is -0.940. The van der Waals surface area contributed by atoms with E-state index in [9.17, 15) is 0 Å². The predicted octanol–water partition coefficient (Wildman–Crippen LogP) is 4.43. The summed E-state index contributed by atoms with van der Waals surface area (Å²) in [5.74, 6) is 0.861. The standard InChI is InChI=1S/C13H16BrN3S/c1-8-5-6-9(10(14)7-8)11-15-16-12(18)17(11)13(2,3)4/h5-7H,1-4H3,(H,16,18). The van der Waals surface area contributed by atoms with Crippen LogP contribution in [0.3, 0.4) is 0 Å². The third kappa shape index (κ3) is 2.42. The van der Waals surface area contributed by atoms with E-state index in [4.69, 9.17) is 12.2 Å². The molecule has 18 heavy (non-hydrogen) atoms. The fourth-order valence-corrected chi connectivity index (χ4v) is 2.98. The first-order valence-electron chi connectivity index (χ1n) is 5.75. The number of nitrogens with zero attached hydrogens (tertiary/aromatic N) is 2. The van der Waals surface area contributed by atoms with E-state index >= 15 is 0 Å². The third-order valence-electron chi connectivity index (χ3n) is 2.71. The topological polar surface area (TPSA) is 33.6 Å². The molecule has 96 valence electrons. The van der Waals surface area contributed by atoms with Crippen LogP contribution in [-0.4, -0.2) is 14.8 Å². The third-order valence-corrected chi connectivity index (χ3v) is 3.64. The molecular formula is C13H16BrN3S. The van der Waals surface area contributed by atoms with E-state index in [1.807, 2.05) is 4.57 Å². The molecule has 0 radical (unpaired) electrons. The van der Waals surface area contributed by atoms with Crippen molar-refractivity contribution in [3.63, 3.8) is 0 Å². The van der Waals surface area contributed by atoms with Gasteiger partial charge in [-0.3, -0.25) is 9.67 Å². The Kier molecular flexibility index (Phi) is 3.47. The first-order valence-corrected chi connectivity index (χ1v) is 6.95. The van der Waals surface area contributed by atoms with Gasteiger partial charge in [-0.15, -0.1) is 0 Å². The Labute approximate surface area is 120 Å². The highest BCUT2D eigenvalue weighted by atomic mass is 79.9. The van der Waals surface area contributed by atoms with Crippen molar-refractivity contribution in [3.8, 4) is 11.4 Å². The zero-order valence-electron chi connectivity index (χ0n) is 10.9. The van der Waals surface area contributed by atoms with Crippen LogP contribution in [0.2, 0.25) is 0 Å². The molecule has 5 heteroatoms. The van der Waals surface area contributed by atoms with Gasteiger partial charge in [-0.05, 0) is 57.6 Å². The van der Waals surface area contributed by atoms with E-state index in [2.05, 4.69) is 72.0 Å². The molecule has 0 aliphatic carbocycles. The van der Waals surface area contributed by atoms with Crippen molar-refractivity contribution in [1.29, 1.82) is 0 Å². The van der Waals surface area contributed by atoms with Gasteiger partial charge in [0.05, 0.1) is 0 Å². The largest absolute Gasteiger partial charge is 0.295 e. The minimum Gasteiger partial charge on any atom is -0.295 e. The maximum atomic E-state index is 5.32. The summed E-state index contributed by atoms with van der Waals surface area (Å²) in [4.78, 5) is 0. The van der Waals surface area contributed by atoms with E-state index in [1.54, 1.807) is 0 Å². The highest BCUT2D eigenvalue weighted by Crippen LogP contribution is 2.30. The van der Waals surface area contributed by atoms with Gasteiger partial charge in [-0.2, -0.15) is 5.10 Å². The lowest BCUT2D eigenvalue weighted by Crippen LogP contribution is -2.23. The van der Waals surface area contributed by atoms with Crippen molar-refractivity contribution in [2.75, 3.05) is 0 Å². The Morgan fingerprint density at radius 1 is 1.33 bits per heavy atom. The lowest BCUT2D eigenvalue weighted by Gasteiger charge is -2.22. The lowest BCUT2D eigenvalue weighted by molar-refractivity contribution is 0.395. The van der Waals surface area contributed by atoms with Crippen LogP contribution in [0.5, 0.6) is 0 Å². The summed E-state index contributed by atoms with van der Waals surface area (Å²) in [6, 6.07) is 6.22. The van der Waals surface area contributed by atoms with Gasteiger partial charge < -0.3 is 0 Å². The number of benzene rings is 1. The molecule has 0 saturated heterocycles. The number of hydrogen-bond donors (Lipinski definition) is 1. The summed E-state index contributed by atoms with van der Waals surface area (Å²) in [6.07, 6.45) is 0. The maximum Gasteiger partial charge on any atom is 0.195 e. The van der Waals surface area contributed by atoms with Gasteiger partial charge in [-0.25, -0.2) is 0 Å². The van der Waals surface area contributed by atoms with E-state index in [-0.39, 0.29) is 5.54 Å². The number of rotatable bonds is 1. The highest BCUT2D eigenvalue weighted by molar-refractivity contribution is 9.10. The number of aromatic nitrogens is 3. The molecule has 1 aromatic heterocycles. The van der Waals surface area contributed by atoms with Crippen LogP contribution in [0, 0.1) is 11.7 Å². The Balaban J connectivity index is 2.69. The molecule has 2 aromatic rings. The summed E-state index contributed by atoms with van der Waals surface area (Å²) < 4.78 is 3.71. The second-order valence-corrected chi connectivity index (χ2v) is 6.58. The molecule has 0 amide bonds. The molecule has 1 N–H and O–H groups in total. The van der Waals surface area contributed by atoms with E-state index in [0.29, 0.717) is 4.77 Å². The Morgan fingerprint density at radius 3 is 2.56 bits per heavy atom. The van der Waals surface area contributed by atoms with E-state index in [1.165, 1.54) is 5.56 Å². The summed E-state index contributed by atoms with van der Waals surface area (Å²) in [7, 11) is 0. The molecule has 2 rings (SSSR count). The Bertz CT molecular complexity index is 634. The summed E-state index contributed by atoms with van der Waals surface area (Å²) in [5.41, 5.74) is 2.15. The summed E-state index contributed by atoms with van der Waals surface area (Å²) in [5, 5.41) is 7.24. The average Bonchev–Trinajstić information content (AvgIpc) is 2.59. The van der Waals surface area contributed by atoms with Crippen molar-refractivity contribution >= 4 is 28.1 Å². The zero-order valence-corrected chi connectivity index (χ0v) is 13.3. The van der Waals surface area contributed by atoms with Crippen LogP contribution in [0.1, 0.15) is 26.3 Å². The maximum absolute atomic E-state index is 5.32. The number of H-pyrrole nitrogens is 1. The molecule has 1 aromatic carbocycles. The normalized spacial score (nSPS) is 11.8. The lowest BCUT2D eigenvalue weighted by atomic mass is 10.1. The molecule has 0 unspecified atom stereocenters. The molecule has 0 fully saturated rings. The molecule has 1 heterocycles. The molecule has 0 saturated carbocycles. The van der Waals surface area contributed by atoms with Crippen LogP contribution in [0.15, 0.2) is 22.7 Å². The van der Waals surface area contributed by atoms with Crippen LogP contribution in [0.25, 0.3) is 11.4 Å². The minimum absolute atomic E-state index is 0.107. The fourth-order valence-electron chi connectivity index (χ4n) is 1.90. The second kappa shape index (κ2) is 4.63. The number of nitrogens with one attached hydrogen (secondary N) is 1. The smallest absolute Gasteiger partial charge is 0.195 e. The number of hydrogen-bond acceptors (Lipinski definition) is 2. The fraction of sp³-hybridized carbons (Fsp3) is 0.385. The van der Waals surface area contributed by atoms with Gasteiger partial charge >= 0.3 is 0 Å². The zero-order chi connectivity index (χ0) is 13.5. The van der Waals surface area contributed by atoms with Crippen molar-refractivity contribution in [1.82, 2.24) is 14.8 Å². The first kappa shape index (κ1) is 13.5. The van der Waals surface area contributed by atoms with Gasteiger partial charge in [0.1, 0.15) is 0 Å². The first-order chi connectivity index (χ1) is 8.30. The molecule has 0 aliphatic rings. The van der Waals surface area contributed by atoms with Crippen LogP contribution in [-0.2, 0) is 5.54 Å². The number of aromatic amines is 1. The summed E-state index contributed by atoms with van der Waals surface area (Å²) in [6.45, 7) is 8.41. The molecule has 0 bridgehead atoms. The number of halogens is 1. The van der Waals surface area contributed by atoms with Crippen molar-refractivity contribution in [2.45, 2.75) is 33.2 Å². The minimum atomic E-state index is -0.107. The molecular weight excluding hydrogens is 310 g/mol. The predicted molar refractivity (Wildman–Crippen MR) is 80.3 cm³/mol. The number of aryl methyl sites for hydroxylation is 1. The van der Waals surface area contributed by atoms with Gasteiger partial charge in [0.2, 0.25) is 0 Å². The molecule has 0 aliphatic heterocycles. The van der Waals surface area contributed by atoms with Gasteiger partial charge in [0.15, 0.2) is 10.6 Å². The highest BCUT2D eigenvalue weighted by Gasteiger charge is 2.21. The molecule has 0 atom stereocenters. The van der Waals surface area contributed by atoms with Gasteiger partial charge in [0.25, 0.3) is 0 Å². The van der Waals surface area contributed by atoms with Gasteiger partial charge in [-0.1, -0.05) is 22.0 Å².